The third-order valence-electron chi connectivity index (χ3n) is 5.76. The van der Waals surface area contributed by atoms with Crippen molar-refractivity contribution in [3.63, 3.8) is 0 Å². The zero-order valence-corrected chi connectivity index (χ0v) is 14.1. The number of nitrogens with one attached hydrogen (secondary N) is 1. The fraction of sp³-hybridized carbons (Fsp3) is 0.941. The van der Waals surface area contributed by atoms with Crippen LogP contribution in [0.25, 0.3) is 0 Å². The smallest absolute Gasteiger partial charge is 0.225 e. The van der Waals surface area contributed by atoms with Gasteiger partial charge in [0.25, 0.3) is 0 Å². The highest BCUT2D eigenvalue weighted by molar-refractivity contribution is 5.76. The second-order valence-electron chi connectivity index (χ2n) is 7.40. The van der Waals surface area contributed by atoms with Gasteiger partial charge >= 0.3 is 0 Å². The quantitative estimate of drug-likeness (QED) is 0.713. The molecule has 1 saturated carbocycles. The fourth-order valence-electron chi connectivity index (χ4n) is 4.04. The molecule has 3 heterocycles. The Labute approximate surface area is 142 Å². The van der Waals surface area contributed by atoms with Gasteiger partial charge in [-0.25, -0.2) is 0 Å². The second-order valence-corrected chi connectivity index (χ2v) is 7.40. The van der Waals surface area contributed by atoms with Crippen molar-refractivity contribution < 1.29 is 24.1 Å². The van der Waals surface area contributed by atoms with E-state index in [1.165, 1.54) is 19.3 Å². The first-order valence-electron chi connectivity index (χ1n) is 9.28. The summed E-state index contributed by atoms with van der Waals surface area (Å²) < 4.78 is 17.2. The first-order chi connectivity index (χ1) is 11.7. The minimum atomic E-state index is -0.605. The number of aliphatic hydroxyl groups is 1. The molecule has 2 N–H and O–H groups in total. The van der Waals surface area contributed by atoms with E-state index in [2.05, 4.69) is 5.32 Å². The average molecular weight is 340 g/mol. The highest BCUT2D eigenvalue weighted by Crippen LogP contribution is 2.35. The van der Waals surface area contributed by atoms with Crippen LogP contribution in [0.3, 0.4) is 0 Å². The van der Waals surface area contributed by atoms with E-state index in [1.807, 2.05) is 4.90 Å². The summed E-state index contributed by atoms with van der Waals surface area (Å²) in [5, 5.41) is 13.9. The summed E-state index contributed by atoms with van der Waals surface area (Å²) in [6.45, 7) is 3.22. The first kappa shape index (κ1) is 16.7. The highest BCUT2D eigenvalue weighted by atomic mass is 16.6. The predicted octanol–water partition coefficient (Wildman–Crippen LogP) is -0.337. The van der Waals surface area contributed by atoms with Crippen LogP contribution < -0.4 is 5.32 Å². The Kier molecular flexibility index (Phi) is 5.05. The summed E-state index contributed by atoms with van der Waals surface area (Å²) in [7, 11) is 0. The normalized spacial score (nSPS) is 39.7. The Morgan fingerprint density at radius 1 is 1.21 bits per heavy atom. The van der Waals surface area contributed by atoms with Gasteiger partial charge in [-0.1, -0.05) is 6.42 Å². The molecule has 0 radical (unpaired) electrons. The standard InChI is InChI=1S/C17H28N2O5/c20-15(19-4-6-22-7-5-19)9-12-8-13-17(23-12)16(21)14(24-13)10-18-11-2-1-3-11/h11-14,16-18,21H,1-10H2. The minimum absolute atomic E-state index is 0.0873. The van der Waals surface area contributed by atoms with Gasteiger partial charge in [0.05, 0.1) is 37.9 Å². The number of aliphatic hydroxyl groups excluding tert-OH is 1. The molecule has 24 heavy (non-hydrogen) atoms. The van der Waals surface area contributed by atoms with Gasteiger partial charge in [0.2, 0.25) is 5.91 Å². The molecule has 0 spiro atoms. The van der Waals surface area contributed by atoms with Gasteiger partial charge in [-0.3, -0.25) is 4.79 Å². The van der Waals surface area contributed by atoms with E-state index in [9.17, 15) is 9.90 Å². The summed E-state index contributed by atoms with van der Waals surface area (Å²) in [6.07, 6.45) is 3.46. The molecule has 1 aliphatic carbocycles. The van der Waals surface area contributed by atoms with Crippen LogP contribution in [0.2, 0.25) is 0 Å². The number of morpholine rings is 1. The number of rotatable bonds is 5. The molecule has 5 atom stereocenters. The molecule has 3 aliphatic heterocycles. The van der Waals surface area contributed by atoms with Crippen molar-refractivity contribution >= 4 is 5.91 Å². The van der Waals surface area contributed by atoms with Crippen LogP contribution in [0.4, 0.5) is 0 Å². The van der Waals surface area contributed by atoms with Gasteiger partial charge in [0.1, 0.15) is 12.2 Å². The first-order valence-corrected chi connectivity index (χ1v) is 9.28. The third kappa shape index (κ3) is 3.46. The molecular formula is C17H28N2O5. The Bertz CT molecular complexity index is 452. The molecule has 7 heteroatoms. The average Bonchev–Trinajstić information content (AvgIpc) is 3.06. The zero-order chi connectivity index (χ0) is 16.5. The number of carbonyl (C=O) groups excluding carboxylic acids is 1. The third-order valence-corrected chi connectivity index (χ3v) is 5.76. The number of fused-ring (bicyclic) bond motifs is 1. The molecule has 4 fully saturated rings. The summed E-state index contributed by atoms with van der Waals surface area (Å²) in [4.78, 5) is 14.2. The summed E-state index contributed by atoms with van der Waals surface area (Å²) in [5.41, 5.74) is 0. The molecule has 4 rings (SSSR count). The lowest BCUT2D eigenvalue weighted by molar-refractivity contribution is -0.138. The van der Waals surface area contributed by atoms with Gasteiger partial charge < -0.3 is 29.5 Å². The maximum absolute atomic E-state index is 12.3. The van der Waals surface area contributed by atoms with Crippen molar-refractivity contribution in [2.24, 2.45) is 0 Å². The molecule has 3 saturated heterocycles. The molecule has 0 aromatic heterocycles. The molecule has 5 unspecified atom stereocenters. The van der Waals surface area contributed by atoms with E-state index in [-0.39, 0.29) is 30.3 Å². The van der Waals surface area contributed by atoms with E-state index in [4.69, 9.17) is 14.2 Å². The summed E-state index contributed by atoms with van der Waals surface area (Å²) >= 11 is 0. The van der Waals surface area contributed by atoms with Crippen molar-refractivity contribution in [2.75, 3.05) is 32.8 Å². The topological polar surface area (TPSA) is 80.3 Å². The van der Waals surface area contributed by atoms with E-state index in [0.29, 0.717) is 51.7 Å². The number of nitrogens with zero attached hydrogens (tertiary/aromatic N) is 1. The Morgan fingerprint density at radius 3 is 2.67 bits per heavy atom. The monoisotopic (exact) mass is 340 g/mol. The van der Waals surface area contributed by atoms with E-state index in [0.717, 1.165) is 0 Å². The van der Waals surface area contributed by atoms with E-state index < -0.39 is 6.10 Å². The number of amides is 1. The van der Waals surface area contributed by atoms with Gasteiger partial charge in [-0.2, -0.15) is 0 Å². The van der Waals surface area contributed by atoms with Crippen molar-refractivity contribution in [1.82, 2.24) is 10.2 Å². The molecule has 7 nitrogen and oxygen atoms in total. The molecule has 1 amide bonds. The second kappa shape index (κ2) is 7.25. The predicted molar refractivity (Wildman–Crippen MR) is 85.6 cm³/mol. The molecule has 4 aliphatic rings. The van der Waals surface area contributed by atoms with Crippen LogP contribution in [-0.4, -0.2) is 85.3 Å². The minimum Gasteiger partial charge on any atom is -0.388 e. The molecular weight excluding hydrogens is 312 g/mol. The van der Waals surface area contributed by atoms with Gasteiger partial charge in [-0.05, 0) is 12.8 Å². The lowest BCUT2D eigenvalue weighted by Gasteiger charge is -2.29. The molecule has 0 aromatic rings. The Hall–Kier alpha value is -0.730. The summed E-state index contributed by atoms with van der Waals surface area (Å²) in [6, 6.07) is 0.584. The van der Waals surface area contributed by atoms with Crippen molar-refractivity contribution in [1.29, 1.82) is 0 Å². The lowest BCUT2D eigenvalue weighted by Crippen LogP contribution is -2.44. The number of ether oxygens (including phenoxy) is 3. The van der Waals surface area contributed by atoms with Crippen LogP contribution in [0.1, 0.15) is 32.1 Å². The number of carbonyl (C=O) groups is 1. The van der Waals surface area contributed by atoms with Crippen LogP contribution >= 0.6 is 0 Å². The maximum Gasteiger partial charge on any atom is 0.225 e. The number of hydrogen-bond acceptors (Lipinski definition) is 6. The fourth-order valence-corrected chi connectivity index (χ4v) is 4.04. The maximum atomic E-state index is 12.3. The molecule has 0 bridgehead atoms. The highest BCUT2D eigenvalue weighted by Gasteiger charge is 2.50. The zero-order valence-electron chi connectivity index (χ0n) is 14.1. The van der Waals surface area contributed by atoms with Gasteiger partial charge in [-0.15, -0.1) is 0 Å². The van der Waals surface area contributed by atoms with Crippen LogP contribution in [0.15, 0.2) is 0 Å². The van der Waals surface area contributed by atoms with Gasteiger partial charge in [0.15, 0.2) is 0 Å². The van der Waals surface area contributed by atoms with E-state index >= 15 is 0 Å². The molecule has 0 aromatic carbocycles. The Morgan fingerprint density at radius 2 is 2.00 bits per heavy atom. The largest absolute Gasteiger partial charge is 0.388 e. The number of hydrogen-bond donors (Lipinski definition) is 2. The van der Waals surface area contributed by atoms with E-state index in [1.54, 1.807) is 0 Å². The van der Waals surface area contributed by atoms with Crippen molar-refractivity contribution in [3.8, 4) is 0 Å². The van der Waals surface area contributed by atoms with Crippen LogP contribution in [0, 0.1) is 0 Å². The summed E-state index contributed by atoms with van der Waals surface area (Å²) in [5.74, 6) is 0.112. The SMILES string of the molecule is O=C(CC1CC2OC(CNC3CCC3)C(O)C2O1)N1CCOCC1. The van der Waals surface area contributed by atoms with Crippen LogP contribution in [0.5, 0.6) is 0 Å². The van der Waals surface area contributed by atoms with Crippen LogP contribution in [-0.2, 0) is 19.0 Å². The molecule has 136 valence electrons. The van der Waals surface area contributed by atoms with Crippen molar-refractivity contribution in [2.45, 2.75) is 68.7 Å². The van der Waals surface area contributed by atoms with Gasteiger partial charge in [0, 0.05) is 32.1 Å². The lowest BCUT2D eigenvalue weighted by atomic mass is 9.93. The Balaban J connectivity index is 1.23. The van der Waals surface area contributed by atoms with Crippen molar-refractivity contribution in [3.05, 3.63) is 0 Å².